The number of benzene rings is 1. The molecule has 112 valence electrons. The fourth-order valence-corrected chi connectivity index (χ4v) is 2.30. The van der Waals surface area contributed by atoms with Crippen molar-refractivity contribution >= 4 is 11.7 Å². The van der Waals surface area contributed by atoms with Gasteiger partial charge in [0.1, 0.15) is 0 Å². The van der Waals surface area contributed by atoms with E-state index in [1.54, 1.807) is 0 Å². The molecule has 1 aliphatic heterocycles. The van der Waals surface area contributed by atoms with Gasteiger partial charge < -0.3 is 9.94 Å². The Bertz CT molecular complexity index is 811. The summed E-state index contributed by atoms with van der Waals surface area (Å²) < 4.78 is 0.997. The number of hydrogen-bond acceptors (Lipinski definition) is 5. The van der Waals surface area contributed by atoms with Crippen LogP contribution in [-0.2, 0) is 11.9 Å². The Balaban J connectivity index is 1.93. The largest absolute Gasteiger partial charge is 0.476 e. The van der Waals surface area contributed by atoms with Gasteiger partial charge in [0.25, 0.3) is 5.56 Å². The lowest BCUT2D eigenvalue weighted by Crippen LogP contribution is -2.28. The first-order chi connectivity index (χ1) is 10.6. The number of carboxylic acids is 1. The maximum Gasteiger partial charge on any atom is 0.356 e. The Morgan fingerprint density at radius 2 is 2.09 bits per heavy atom. The molecule has 2 aromatic rings. The van der Waals surface area contributed by atoms with E-state index in [0.29, 0.717) is 12.1 Å². The Kier molecular flexibility index (Phi) is 3.46. The van der Waals surface area contributed by atoms with Crippen LogP contribution in [0.2, 0.25) is 0 Å². The average molecular weight is 299 g/mol. The van der Waals surface area contributed by atoms with Gasteiger partial charge in [0, 0.05) is 13.5 Å². The Morgan fingerprint density at radius 3 is 2.77 bits per heavy atom. The van der Waals surface area contributed by atoms with Crippen LogP contribution in [0.1, 0.15) is 34.1 Å². The highest BCUT2D eigenvalue weighted by molar-refractivity contribution is 6.02. The van der Waals surface area contributed by atoms with E-state index in [-0.39, 0.29) is 17.4 Å². The summed E-state index contributed by atoms with van der Waals surface area (Å²) in [6.07, 6.45) is 0.129. The number of carboxylic acid groups (broad SMARTS) is 1. The van der Waals surface area contributed by atoms with Gasteiger partial charge in [-0.05, 0) is 11.6 Å². The number of nitrogens with zero attached hydrogens (tertiary/aromatic N) is 3. The van der Waals surface area contributed by atoms with E-state index in [0.717, 1.165) is 10.2 Å². The van der Waals surface area contributed by atoms with E-state index >= 15 is 0 Å². The third-order valence-electron chi connectivity index (χ3n) is 3.43. The minimum atomic E-state index is -1.20. The number of hydrogen-bond donors (Lipinski definition) is 1. The normalized spacial score (nSPS) is 17.0. The monoisotopic (exact) mass is 299 g/mol. The van der Waals surface area contributed by atoms with Gasteiger partial charge in [0.2, 0.25) is 0 Å². The molecule has 1 atom stereocenters. The first-order valence-electron chi connectivity index (χ1n) is 6.66. The van der Waals surface area contributed by atoms with Crippen LogP contribution in [0.4, 0.5) is 0 Å². The highest BCUT2D eigenvalue weighted by atomic mass is 16.6. The molecule has 3 rings (SSSR count). The summed E-state index contributed by atoms with van der Waals surface area (Å²) in [7, 11) is 1.41. The number of aromatic nitrogens is 2. The highest BCUT2D eigenvalue weighted by Crippen LogP contribution is 2.28. The van der Waals surface area contributed by atoms with Crippen molar-refractivity contribution in [2.45, 2.75) is 12.5 Å². The third kappa shape index (κ3) is 2.48. The predicted octanol–water partition coefficient (Wildman–Crippen LogP) is 1.34. The van der Waals surface area contributed by atoms with E-state index in [1.807, 2.05) is 30.3 Å². The van der Waals surface area contributed by atoms with Crippen LogP contribution in [0, 0.1) is 0 Å². The van der Waals surface area contributed by atoms with E-state index < -0.39 is 11.5 Å². The van der Waals surface area contributed by atoms with Crippen LogP contribution in [0.25, 0.3) is 0 Å². The molecule has 0 saturated carbocycles. The lowest BCUT2D eigenvalue weighted by atomic mass is 10.0. The molecule has 1 aliphatic rings. The molecule has 7 heteroatoms. The minimum Gasteiger partial charge on any atom is -0.476 e. The Labute approximate surface area is 125 Å². The molecule has 22 heavy (non-hydrogen) atoms. The summed E-state index contributed by atoms with van der Waals surface area (Å²) in [6.45, 7) is 0. The van der Waals surface area contributed by atoms with Gasteiger partial charge in [-0.2, -0.15) is 5.10 Å². The first kappa shape index (κ1) is 14.0. The molecule has 0 radical (unpaired) electrons. The summed E-state index contributed by atoms with van der Waals surface area (Å²) in [4.78, 5) is 28.6. The van der Waals surface area contributed by atoms with Crippen molar-refractivity contribution in [1.82, 2.24) is 9.78 Å². The van der Waals surface area contributed by atoms with Crippen molar-refractivity contribution < 1.29 is 14.7 Å². The van der Waals surface area contributed by atoms with E-state index in [4.69, 9.17) is 9.94 Å². The summed E-state index contributed by atoms with van der Waals surface area (Å²) in [5, 5.41) is 16.7. The molecule has 0 fully saturated rings. The number of carbonyl (C=O) groups is 1. The zero-order chi connectivity index (χ0) is 15.7. The minimum absolute atomic E-state index is 0.202. The lowest BCUT2D eigenvalue weighted by Gasteiger charge is -2.07. The molecule has 0 bridgehead atoms. The SMILES string of the molecule is Cn1nc(C(=O)O)cc(C2=NO[C@@H](c3ccccc3)C2)c1=O. The predicted molar refractivity (Wildman–Crippen MR) is 77.9 cm³/mol. The van der Waals surface area contributed by atoms with Crippen LogP contribution in [0.3, 0.4) is 0 Å². The molecule has 0 unspecified atom stereocenters. The lowest BCUT2D eigenvalue weighted by molar-refractivity contribution is 0.0687. The highest BCUT2D eigenvalue weighted by Gasteiger charge is 2.26. The smallest absolute Gasteiger partial charge is 0.356 e. The quantitative estimate of drug-likeness (QED) is 0.923. The molecule has 0 spiro atoms. The van der Waals surface area contributed by atoms with Gasteiger partial charge in [-0.25, -0.2) is 9.48 Å². The number of rotatable bonds is 3. The molecule has 1 aromatic heterocycles. The fraction of sp³-hybridized carbons (Fsp3) is 0.200. The van der Waals surface area contributed by atoms with Crippen LogP contribution in [0.5, 0.6) is 0 Å². The van der Waals surface area contributed by atoms with Crippen molar-refractivity contribution in [2.75, 3.05) is 0 Å². The standard InChI is InChI=1S/C15H13N3O4/c1-18-14(19)10(7-12(16-18)15(20)21)11-8-13(22-17-11)9-5-3-2-4-6-9/h2-7,13H,8H2,1H3,(H,20,21)/t13-/m1/s1. The summed E-state index contributed by atoms with van der Waals surface area (Å²) in [6, 6.07) is 10.8. The van der Waals surface area contributed by atoms with Gasteiger partial charge >= 0.3 is 5.97 Å². The Morgan fingerprint density at radius 1 is 1.36 bits per heavy atom. The zero-order valence-corrected chi connectivity index (χ0v) is 11.8. The van der Waals surface area contributed by atoms with Crippen molar-refractivity contribution in [2.24, 2.45) is 12.2 Å². The average Bonchev–Trinajstić information content (AvgIpc) is 3.00. The van der Waals surface area contributed by atoms with Crippen LogP contribution in [0.15, 0.2) is 46.3 Å². The molecule has 1 N–H and O–H groups in total. The second-order valence-electron chi connectivity index (χ2n) is 4.92. The van der Waals surface area contributed by atoms with Crippen LogP contribution in [-0.4, -0.2) is 26.6 Å². The maximum atomic E-state index is 12.1. The van der Waals surface area contributed by atoms with Gasteiger partial charge in [-0.1, -0.05) is 35.5 Å². The van der Waals surface area contributed by atoms with Gasteiger partial charge in [-0.15, -0.1) is 0 Å². The van der Waals surface area contributed by atoms with E-state index in [2.05, 4.69) is 10.3 Å². The second kappa shape index (κ2) is 5.44. The topological polar surface area (TPSA) is 93.8 Å². The van der Waals surface area contributed by atoms with Crippen molar-refractivity contribution in [3.63, 3.8) is 0 Å². The number of aryl methyl sites for hydroxylation is 1. The van der Waals surface area contributed by atoms with Crippen molar-refractivity contribution in [3.8, 4) is 0 Å². The fourth-order valence-electron chi connectivity index (χ4n) is 2.30. The summed E-state index contributed by atoms with van der Waals surface area (Å²) >= 11 is 0. The number of oxime groups is 1. The first-order valence-corrected chi connectivity index (χ1v) is 6.66. The van der Waals surface area contributed by atoms with Gasteiger partial charge in [-0.3, -0.25) is 4.79 Å². The maximum absolute atomic E-state index is 12.1. The van der Waals surface area contributed by atoms with E-state index in [9.17, 15) is 9.59 Å². The molecule has 0 saturated heterocycles. The Hall–Kier alpha value is -2.96. The molecule has 1 aromatic carbocycles. The molecule has 7 nitrogen and oxygen atoms in total. The second-order valence-corrected chi connectivity index (χ2v) is 4.92. The molecule has 0 amide bonds. The molecule has 2 heterocycles. The zero-order valence-electron chi connectivity index (χ0n) is 11.8. The van der Waals surface area contributed by atoms with Crippen molar-refractivity contribution in [1.29, 1.82) is 0 Å². The van der Waals surface area contributed by atoms with Crippen LogP contribution >= 0.6 is 0 Å². The molecular formula is C15H13N3O4. The summed E-state index contributed by atoms with van der Waals surface area (Å²) in [5.74, 6) is -1.20. The molecule has 0 aliphatic carbocycles. The third-order valence-corrected chi connectivity index (χ3v) is 3.43. The van der Waals surface area contributed by atoms with Crippen LogP contribution < -0.4 is 5.56 Å². The van der Waals surface area contributed by atoms with E-state index in [1.165, 1.54) is 13.1 Å². The summed E-state index contributed by atoms with van der Waals surface area (Å²) in [5.41, 5.74) is 0.974. The number of aromatic carboxylic acids is 1. The van der Waals surface area contributed by atoms with Gasteiger partial charge in [0.05, 0.1) is 11.3 Å². The molecular weight excluding hydrogens is 286 g/mol. The van der Waals surface area contributed by atoms with Crippen molar-refractivity contribution in [3.05, 3.63) is 63.6 Å². The van der Waals surface area contributed by atoms with Gasteiger partial charge in [0.15, 0.2) is 11.8 Å².